The molecule has 210 valence electrons. The standard InChI is InChI=1S/C33H36F2N2O3/c1-3-22-11-8-12-24(15-22)19-37-20-25(4-2)30-14-13-29(32(38)39)31(36)33(30,26-16-27(34)18-28(35)17-26)40-21-23-9-6-5-7-10-23/h5-18,25,31,37H,3-4,19-21,36H2,1-2H3,(H,38,39)/t25-,31-,33?/m0/s1. The van der Waals surface area contributed by atoms with E-state index < -0.39 is 29.2 Å². The summed E-state index contributed by atoms with van der Waals surface area (Å²) in [6, 6.07) is 19.6. The van der Waals surface area contributed by atoms with E-state index >= 15 is 0 Å². The minimum Gasteiger partial charge on any atom is -0.478 e. The molecular weight excluding hydrogens is 510 g/mol. The van der Waals surface area contributed by atoms with Gasteiger partial charge in [-0.1, -0.05) is 74.5 Å². The third kappa shape index (κ3) is 6.39. The molecule has 0 bridgehead atoms. The quantitative estimate of drug-likeness (QED) is 0.258. The number of benzene rings is 3. The van der Waals surface area contributed by atoms with Crippen LogP contribution in [-0.2, 0) is 34.7 Å². The molecule has 3 aromatic rings. The molecule has 0 amide bonds. The van der Waals surface area contributed by atoms with Gasteiger partial charge in [0.25, 0.3) is 0 Å². The Morgan fingerprint density at radius 1 is 0.975 bits per heavy atom. The second-order valence-electron chi connectivity index (χ2n) is 10.1. The highest BCUT2D eigenvalue weighted by atomic mass is 19.1. The van der Waals surface area contributed by atoms with Gasteiger partial charge in [-0.05, 0) is 64.8 Å². The zero-order valence-corrected chi connectivity index (χ0v) is 22.9. The fraction of sp³-hybridized carbons (Fsp3) is 0.303. The normalized spacial score (nSPS) is 19.6. The molecule has 0 saturated heterocycles. The van der Waals surface area contributed by atoms with E-state index in [4.69, 9.17) is 10.5 Å². The molecule has 3 atom stereocenters. The van der Waals surface area contributed by atoms with Gasteiger partial charge in [0.1, 0.15) is 17.2 Å². The number of nitrogens with one attached hydrogen (secondary N) is 1. The predicted octanol–water partition coefficient (Wildman–Crippen LogP) is 6.03. The zero-order valence-electron chi connectivity index (χ0n) is 22.9. The van der Waals surface area contributed by atoms with Gasteiger partial charge in [0.15, 0.2) is 0 Å². The Morgan fingerprint density at radius 2 is 1.65 bits per heavy atom. The average Bonchev–Trinajstić information content (AvgIpc) is 2.95. The molecule has 4 N–H and O–H groups in total. The Bertz CT molecular complexity index is 1370. The SMILES string of the molecule is CCc1cccc(CNC[C@H](CC)C2=CC=C(C(=O)O)[C@H](N)C2(OCc2ccccc2)c2cc(F)cc(F)c2)c1. The van der Waals surface area contributed by atoms with Gasteiger partial charge in [0.05, 0.1) is 18.2 Å². The third-order valence-corrected chi connectivity index (χ3v) is 7.54. The summed E-state index contributed by atoms with van der Waals surface area (Å²) in [6.07, 6.45) is 4.79. The number of hydrogen-bond donors (Lipinski definition) is 3. The molecule has 0 radical (unpaired) electrons. The number of halogens is 2. The van der Waals surface area contributed by atoms with Gasteiger partial charge < -0.3 is 20.9 Å². The molecule has 1 unspecified atom stereocenters. The molecule has 0 spiro atoms. The lowest BCUT2D eigenvalue weighted by atomic mass is 9.69. The maximum atomic E-state index is 14.7. The van der Waals surface area contributed by atoms with E-state index in [1.807, 2.05) is 43.3 Å². The van der Waals surface area contributed by atoms with Crippen molar-refractivity contribution >= 4 is 5.97 Å². The number of hydrogen-bond acceptors (Lipinski definition) is 4. The molecular formula is C33H36F2N2O3. The van der Waals surface area contributed by atoms with Gasteiger partial charge in [-0.3, -0.25) is 0 Å². The molecule has 0 fully saturated rings. The van der Waals surface area contributed by atoms with E-state index in [1.165, 1.54) is 23.8 Å². The van der Waals surface area contributed by atoms with Crippen LogP contribution in [0.5, 0.6) is 0 Å². The topological polar surface area (TPSA) is 84.6 Å². The van der Waals surface area contributed by atoms with Gasteiger partial charge >= 0.3 is 5.97 Å². The van der Waals surface area contributed by atoms with Gasteiger partial charge in [0.2, 0.25) is 0 Å². The first kappa shape index (κ1) is 29.3. The highest BCUT2D eigenvalue weighted by Gasteiger charge is 2.50. The lowest BCUT2D eigenvalue weighted by Crippen LogP contribution is -2.54. The number of ether oxygens (including phenoxy) is 1. The van der Waals surface area contributed by atoms with Crippen molar-refractivity contribution in [3.63, 3.8) is 0 Å². The van der Waals surface area contributed by atoms with E-state index in [0.29, 0.717) is 25.1 Å². The predicted molar refractivity (Wildman–Crippen MR) is 152 cm³/mol. The van der Waals surface area contributed by atoms with Crippen LogP contribution in [0.4, 0.5) is 8.78 Å². The van der Waals surface area contributed by atoms with Gasteiger partial charge in [-0.2, -0.15) is 0 Å². The number of aliphatic carboxylic acids is 1. The van der Waals surface area contributed by atoms with Crippen molar-refractivity contribution in [1.82, 2.24) is 5.32 Å². The molecule has 3 aromatic carbocycles. The first-order valence-corrected chi connectivity index (χ1v) is 13.6. The largest absolute Gasteiger partial charge is 0.478 e. The summed E-state index contributed by atoms with van der Waals surface area (Å²) in [6.45, 7) is 5.34. The van der Waals surface area contributed by atoms with E-state index in [2.05, 4.69) is 30.4 Å². The van der Waals surface area contributed by atoms with Crippen LogP contribution in [0, 0.1) is 17.6 Å². The maximum absolute atomic E-state index is 14.7. The monoisotopic (exact) mass is 546 g/mol. The number of allylic oxidation sites excluding steroid dienone is 2. The van der Waals surface area contributed by atoms with E-state index in [0.717, 1.165) is 23.6 Å². The summed E-state index contributed by atoms with van der Waals surface area (Å²) in [5, 5.41) is 13.5. The molecule has 0 heterocycles. The molecule has 0 aromatic heterocycles. The van der Waals surface area contributed by atoms with E-state index in [1.54, 1.807) is 6.08 Å². The number of carboxylic acid groups (broad SMARTS) is 1. The van der Waals surface area contributed by atoms with Crippen LogP contribution in [0.3, 0.4) is 0 Å². The van der Waals surface area contributed by atoms with Gasteiger partial charge in [0, 0.05) is 19.2 Å². The van der Waals surface area contributed by atoms with Crippen molar-refractivity contribution in [3.8, 4) is 0 Å². The lowest BCUT2D eigenvalue weighted by Gasteiger charge is -2.46. The maximum Gasteiger partial charge on any atom is 0.333 e. The van der Waals surface area contributed by atoms with Crippen LogP contribution in [0.15, 0.2) is 96.1 Å². The number of carboxylic acids is 1. The molecule has 0 saturated carbocycles. The second-order valence-corrected chi connectivity index (χ2v) is 10.1. The third-order valence-electron chi connectivity index (χ3n) is 7.54. The van der Waals surface area contributed by atoms with Crippen molar-refractivity contribution in [3.05, 3.63) is 130 Å². The van der Waals surface area contributed by atoms with Crippen molar-refractivity contribution < 1.29 is 23.4 Å². The van der Waals surface area contributed by atoms with Gasteiger partial charge in [-0.25, -0.2) is 13.6 Å². The average molecular weight is 547 g/mol. The van der Waals surface area contributed by atoms with Crippen LogP contribution < -0.4 is 11.1 Å². The van der Waals surface area contributed by atoms with Crippen molar-refractivity contribution in [1.29, 1.82) is 0 Å². The van der Waals surface area contributed by atoms with Crippen LogP contribution in [0.2, 0.25) is 0 Å². The molecule has 40 heavy (non-hydrogen) atoms. The van der Waals surface area contributed by atoms with Crippen molar-refractivity contribution in [2.24, 2.45) is 11.7 Å². The molecule has 1 aliphatic rings. The Kier molecular flexibility index (Phi) is 9.63. The minimum atomic E-state index is -1.62. The van der Waals surface area contributed by atoms with Crippen LogP contribution in [-0.4, -0.2) is 23.7 Å². The Balaban J connectivity index is 1.76. The lowest BCUT2D eigenvalue weighted by molar-refractivity contribution is -0.134. The first-order valence-electron chi connectivity index (χ1n) is 13.6. The molecule has 1 aliphatic carbocycles. The summed E-state index contributed by atoms with van der Waals surface area (Å²) in [7, 11) is 0. The fourth-order valence-electron chi connectivity index (χ4n) is 5.42. The summed E-state index contributed by atoms with van der Waals surface area (Å²) in [5.41, 5.74) is 9.02. The van der Waals surface area contributed by atoms with E-state index in [9.17, 15) is 18.7 Å². The Hall–Kier alpha value is -3.65. The zero-order chi connectivity index (χ0) is 28.7. The highest BCUT2D eigenvalue weighted by molar-refractivity contribution is 5.89. The number of carbonyl (C=O) groups is 1. The number of aryl methyl sites for hydroxylation is 1. The van der Waals surface area contributed by atoms with Crippen LogP contribution in [0.25, 0.3) is 0 Å². The fourth-order valence-corrected chi connectivity index (χ4v) is 5.42. The molecule has 4 rings (SSSR count). The van der Waals surface area contributed by atoms with E-state index in [-0.39, 0.29) is 23.7 Å². The smallest absolute Gasteiger partial charge is 0.333 e. The minimum absolute atomic E-state index is 0.0601. The van der Waals surface area contributed by atoms with Crippen molar-refractivity contribution in [2.75, 3.05) is 6.54 Å². The Labute approximate surface area is 234 Å². The molecule has 0 aliphatic heterocycles. The first-order chi connectivity index (χ1) is 19.3. The van der Waals surface area contributed by atoms with Crippen LogP contribution >= 0.6 is 0 Å². The number of nitrogens with two attached hydrogens (primary N) is 1. The van der Waals surface area contributed by atoms with Gasteiger partial charge in [-0.15, -0.1) is 0 Å². The van der Waals surface area contributed by atoms with Crippen molar-refractivity contribution in [2.45, 2.75) is 51.5 Å². The highest BCUT2D eigenvalue weighted by Crippen LogP contribution is 2.46. The van der Waals surface area contributed by atoms with Crippen LogP contribution in [0.1, 0.15) is 42.5 Å². The summed E-state index contributed by atoms with van der Waals surface area (Å²) in [4.78, 5) is 12.2. The number of rotatable bonds is 12. The summed E-state index contributed by atoms with van der Waals surface area (Å²) in [5.74, 6) is -2.97. The molecule has 5 nitrogen and oxygen atoms in total. The second kappa shape index (κ2) is 13.1. The summed E-state index contributed by atoms with van der Waals surface area (Å²) < 4.78 is 35.9. The Morgan fingerprint density at radius 3 is 2.30 bits per heavy atom. The summed E-state index contributed by atoms with van der Waals surface area (Å²) >= 11 is 0. The molecule has 7 heteroatoms.